The van der Waals surface area contributed by atoms with Crippen molar-refractivity contribution in [3.63, 3.8) is 0 Å². The number of allylic oxidation sites excluding steroid dienone is 1. The molecular weight excluding hydrogens is 166 g/mol. The molecule has 4 heteroatoms. The highest BCUT2D eigenvalue weighted by atomic mass is 16.1. The first kappa shape index (κ1) is 9.12. The molecule has 0 radical (unpaired) electrons. The van der Waals surface area contributed by atoms with Crippen LogP contribution in [0.5, 0.6) is 0 Å². The minimum atomic E-state index is 0.489. The summed E-state index contributed by atoms with van der Waals surface area (Å²) in [6.07, 6.45) is 6.74. The Kier molecular flexibility index (Phi) is 3.38. The van der Waals surface area contributed by atoms with Crippen LogP contribution in [0.1, 0.15) is 10.4 Å². The third kappa shape index (κ3) is 2.86. The molecule has 0 unspecified atom stereocenters. The van der Waals surface area contributed by atoms with Gasteiger partial charge in [-0.05, 0) is 24.4 Å². The number of carbonyl (C=O) groups is 1. The molecule has 0 atom stereocenters. The van der Waals surface area contributed by atoms with Gasteiger partial charge in [0.15, 0.2) is 5.82 Å². The van der Waals surface area contributed by atoms with Gasteiger partial charge in [-0.1, -0.05) is 0 Å². The van der Waals surface area contributed by atoms with Crippen LogP contribution in [0, 0.1) is 0 Å². The standard InChI is InChI=1S/C9H9N3O/c10-3-1-4-11-9-6-8(7-13)2-5-12-9/h1-7H,10H2. The van der Waals surface area contributed by atoms with E-state index in [9.17, 15) is 4.79 Å². The van der Waals surface area contributed by atoms with E-state index in [1.54, 1.807) is 18.2 Å². The van der Waals surface area contributed by atoms with Gasteiger partial charge in [-0.2, -0.15) is 0 Å². The predicted molar refractivity (Wildman–Crippen MR) is 51.1 cm³/mol. The third-order valence-corrected chi connectivity index (χ3v) is 1.31. The number of rotatable bonds is 3. The number of nitrogens with zero attached hydrogens (tertiary/aromatic N) is 2. The van der Waals surface area contributed by atoms with Crippen LogP contribution in [0.15, 0.2) is 35.6 Å². The largest absolute Gasteiger partial charge is 0.405 e. The van der Waals surface area contributed by atoms with Gasteiger partial charge in [-0.15, -0.1) is 0 Å². The lowest BCUT2D eigenvalue weighted by Gasteiger charge is -1.91. The van der Waals surface area contributed by atoms with Crippen LogP contribution in [0.4, 0.5) is 5.82 Å². The van der Waals surface area contributed by atoms with E-state index < -0.39 is 0 Å². The van der Waals surface area contributed by atoms with Crippen LogP contribution in [0.3, 0.4) is 0 Å². The lowest BCUT2D eigenvalue weighted by molar-refractivity contribution is 0.112. The van der Waals surface area contributed by atoms with Gasteiger partial charge in [0.25, 0.3) is 0 Å². The molecule has 0 fully saturated rings. The highest BCUT2D eigenvalue weighted by Gasteiger charge is 1.91. The number of aromatic nitrogens is 1. The van der Waals surface area contributed by atoms with Gasteiger partial charge < -0.3 is 5.73 Å². The molecule has 13 heavy (non-hydrogen) atoms. The van der Waals surface area contributed by atoms with Crippen LogP contribution in [-0.2, 0) is 0 Å². The molecule has 0 saturated carbocycles. The second-order valence-electron chi connectivity index (χ2n) is 2.23. The number of pyridine rings is 1. The Balaban J connectivity index is 2.83. The van der Waals surface area contributed by atoms with Crippen molar-refractivity contribution in [3.05, 3.63) is 36.2 Å². The van der Waals surface area contributed by atoms with Crippen molar-refractivity contribution in [3.8, 4) is 0 Å². The first-order valence-electron chi connectivity index (χ1n) is 3.69. The summed E-state index contributed by atoms with van der Waals surface area (Å²) in [6.45, 7) is 0. The van der Waals surface area contributed by atoms with E-state index in [1.807, 2.05) is 0 Å². The molecule has 0 aliphatic heterocycles. The summed E-state index contributed by atoms with van der Waals surface area (Å²) in [5, 5.41) is 0. The average molecular weight is 175 g/mol. The fourth-order valence-corrected chi connectivity index (χ4v) is 0.747. The minimum Gasteiger partial charge on any atom is -0.405 e. The van der Waals surface area contributed by atoms with Gasteiger partial charge >= 0.3 is 0 Å². The molecular formula is C9H9N3O. The molecule has 1 aromatic rings. The van der Waals surface area contributed by atoms with Crippen molar-refractivity contribution < 1.29 is 4.79 Å². The maximum absolute atomic E-state index is 10.4. The summed E-state index contributed by atoms with van der Waals surface area (Å²) in [7, 11) is 0. The van der Waals surface area contributed by atoms with Crippen molar-refractivity contribution in [2.45, 2.75) is 0 Å². The Labute approximate surface area is 75.8 Å². The Hall–Kier alpha value is -1.97. The van der Waals surface area contributed by atoms with E-state index in [-0.39, 0.29) is 0 Å². The van der Waals surface area contributed by atoms with Crippen molar-refractivity contribution in [1.29, 1.82) is 0 Å². The zero-order chi connectivity index (χ0) is 9.52. The molecule has 0 amide bonds. The van der Waals surface area contributed by atoms with E-state index in [4.69, 9.17) is 5.73 Å². The molecule has 1 heterocycles. The van der Waals surface area contributed by atoms with Crippen LogP contribution in [-0.4, -0.2) is 17.5 Å². The fraction of sp³-hybridized carbons (Fsp3) is 0. The van der Waals surface area contributed by atoms with Crippen molar-refractivity contribution in [2.75, 3.05) is 0 Å². The summed E-state index contributed by atoms with van der Waals surface area (Å²) in [5.74, 6) is 0.489. The monoisotopic (exact) mass is 175 g/mol. The van der Waals surface area contributed by atoms with E-state index in [2.05, 4.69) is 9.98 Å². The van der Waals surface area contributed by atoms with Crippen molar-refractivity contribution in [2.24, 2.45) is 10.7 Å². The highest BCUT2D eigenvalue weighted by Crippen LogP contribution is 2.07. The van der Waals surface area contributed by atoms with Gasteiger partial charge in [0.1, 0.15) is 6.29 Å². The minimum absolute atomic E-state index is 0.489. The predicted octanol–water partition coefficient (Wildman–Crippen LogP) is 1.07. The van der Waals surface area contributed by atoms with Crippen LogP contribution < -0.4 is 5.73 Å². The van der Waals surface area contributed by atoms with E-state index in [1.165, 1.54) is 18.6 Å². The molecule has 4 nitrogen and oxygen atoms in total. The van der Waals surface area contributed by atoms with Crippen LogP contribution in [0.25, 0.3) is 0 Å². The zero-order valence-electron chi connectivity index (χ0n) is 6.92. The number of carbonyl (C=O) groups excluding carboxylic acids is 1. The number of hydrogen-bond acceptors (Lipinski definition) is 4. The average Bonchev–Trinajstić information content (AvgIpc) is 2.19. The molecule has 2 N–H and O–H groups in total. The number of nitrogens with two attached hydrogens (primary N) is 1. The van der Waals surface area contributed by atoms with Crippen LogP contribution >= 0.6 is 0 Å². The van der Waals surface area contributed by atoms with Gasteiger partial charge in [0.2, 0.25) is 0 Å². The number of aldehydes is 1. The summed E-state index contributed by atoms with van der Waals surface area (Å²) >= 11 is 0. The van der Waals surface area contributed by atoms with Gasteiger partial charge in [0, 0.05) is 18.0 Å². The molecule has 0 aromatic carbocycles. The molecule has 1 aromatic heterocycles. The second kappa shape index (κ2) is 4.82. The third-order valence-electron chi connectivity index (χ3n) is 1.31. The zero-order valence-corrected chi connectivity index (χ0v) is 6.92. The van der Waals surface area contributed by atoms with Gasteiger partial charge in [-0.3, -0.25) is 4.79 Å². The van der Waals surface area contributed by atoms with E-state index in [0.717, 1.165) is 6.29 Å². The molecule has 0 spiro atoms. The molecule has 0 bridgehead atoms. The van der Waals surface area contributed by atoms with Crippen molar-refractivity contribution >= 4 is 18.3 Å². The highest BCUT2D eigenvalue weighted by molar-refractivity contribution is 5.77. The van der Waals surface area contributed by atoms with Crippen molar-refractivity contribution in [1.82, 2.24) is 4.98 Å². The fourth-order valence-electron chi connectivity index (χ4n) is 0.747. The maximum Gasteiger partial charge on any atom is 0.152 e. The van der Waals surface area contributed by atoms with E-state index >= 15 is 0 Å². The molecule has 66 valence electrons. The Bertz CT molecular complexity index is 344. The molecule has 0 aliphatic rings. The Morgan fingerprint density at radius 3 is 3.08 bits per heavy atom. The smallest absolute Gasteiger partial charge is 0.152 e. The van der Waals surface area contributed by atoms with Crippen LogP contribution in [0.2, 0.25) is 0 Å². The lowest BCUT2D eigenvalue weighted by Crippen LogP contribution is -1.81. The maximum atomic E-state index is 10.4. The summed E-state index contributed by atoms with van der Waals surface area (Å²) in [6, 6.07) is 3.21. The first-order chi connectivity index (χ1) is 6.36. The topological polar surface area (TPSA) is 68.3 Å². The van der Waals surface area contributed by atoms with E-state index in [0.29, 0.717) is 11.4 Å². The number of aliphatic imine (C=N–C) groups is 1. The number of hydrogen-bond donors (Lipinski definition) is 1. The first-order valence-corrected chi connectivity index (χ1v) is 3.69. The quantitative estimate of drug-likeness (QED) is 0.551. The normalized spacial score (nSPS) is 11.1. The van der Waals surface area contributed by atoms with Gasteiger partial charge in [0.05, 0.1) is 0 Å². The summed E-state index contributed by atoms with van der Waals surface area (Å²) < 4.78 is 0. The summed E-state index contributed by atoms with van der Waals surface area (Å²) in [4.78, 5) is 18.2. The summed E-state index contributed by atoms with van der Waals surface area (Å²) in [5.41, 5.74) is 5.65. The SMILES string of the molecule is NC=CC=Nc1cc(C=O)ccn1. The Morgan fingerprint density at radius 1 is 1.54 bits per heavy atom. The second-order valence-corrected chi connectivity index (χ2v) is 2.23. The molecule has 1 rings (SSSR count). The Morgan fingerprint density at radius 2 is 2.38 bits per heavy atom. The lowest BCUT2D eigenvalue weighted by atomic mass is 10.3. The molecule has 0 aliphatic carbocycles. The van der Waals surface area contributed by atoms with Gasteiger partial charge in [-0.25, -0.2) is 9.98 Å². The molecule has 0 saturated heterocycles.